The predicted octanol–water partition coefficient (Wildman–Crippen LogP) is 2.34. The van der Waals surface area contributed by atoms with Gasteiger partial charge in [-0.2, -0.15) is 0 Å². The summed E-state index contributed by atoms with van der Waals surface area (Å²) in [5.41, 5.74) is 2.87. The molecule has 8 heteroatoms. The molecule has 166 valence electrons. The zero-order valence-corrected chi connectivity index (χ0v) is 18.6. The lowest BCUT2D eigenvalue weighted by Gasteiger charge is -2.36. The maximum absolute atomic E-state index is 12.4. The third-order valence-corrected chi connectivity index (χ3v) is 5.27. The number of amides is 2. The van der Waals surface area contributed by atoms with Gasteiger partial charge < -0.3 is 15.0 Å². The Morgan fingerprint density at radius 3 is 2.62 bits per heavy atom. The van der Waals surface area contributed by atoms with Crippen LogP contribution in [0.5, 0.6) is 0 Å². The molecular formula is C24H25N3O4S. The first kappa shape index (κ1) is 23.1. The van der Waals surface area contributed by atoms with Crippen molar-refractivity contribution in [1.82, 2.24) is 15.5 Å². The lowest BCUT2D eigenvalue weighted by atomic mass is 10.1. The van der Waals surface area contributed by atoms with E-state index in [1.807, 2.05) is 61.5 Å². The molecule has 2 amide bonds. The molecule has 32 heavy (non-hydrogen) atoms. The summed E-state index contributed by atoms with van der Waals surface area (Å²) >= 11 is 5.35. The van der Waals surface area contributed by atoms with Gasteiger partial charge in [-0.15, -0.1) is 0 Å². The van der Waals surface area contributed by atoms with E-state index in [1.54, 1.807) is 11.0 Å². The molecular weight excluding hydrogens is 426 g/mol. The Balaban J connectivity index is 1.56. The zero-order valence-electron chi connectivity index (χ0n) is 17.7. The fourth-order valence-corrected chi connectivity index (χ4v) is 3.50. The molecule has 7 nitrogen and oxygen atoms in total. The van der Waals surface area contributed by atoms with Gasteiger partial charge in [-0.05, 0) is 36.3 Å². The quantitative estimate of drug-likeness (QED) is 0.398. The van der Waals surface area contributed by atoms with Crippen LogP contribution in [0.2, 0.25) is 0 Å². The molecule has 0 radical (unpaired) electrons. The van der Waals surface area contributed by atoms with Crippen LogP contribution >= 0.6 is 12.2 Å². The van der Waals surface area contributed by atoms with Crippen LogP contribution in [0.25, 0.3) is 6.08 Å². The van der Waals surface area contributed by atoms with Gasteiger partial charge in [0, 0.05) is 19.2 Å². The number of rotatable bonds is 6. The van der Waals surface area contributed by atoms with Crippen molar-refractivity contribution in [2.75, 3.05) is 13.1 Å². The summed E-state index contributed by atoms with van der Waals surface area (Å²) in [7, 11) is 0. The molecule has 2 aromatic rings. The molecule has 0 aromatic heterocycles. The molecule has 1 aliphatic rings. The second kappa shape index (κ2) is 11.2. The van der Waals surface area contributed by atoms with Crippen molar-refractivity contribution in [2.24, 2.45) is 0 Å². The normalized spacial score (nSPS) is 15.8. The van der Waals surface area contributed by atoms with Crippen LogP contribution in [0, 0.1) is 6.92 Å². The molecule has 2 aromatic carbocycles. The first-order valence-corrected chi connectivity index (χ1v) is 10.7. The Bertz CT molecular complexity index is 1010. The summed E-state index contributed by atoms with van der Waals surface area (Å²) < 4.78 is 5.30. The lowest BCUT2D eigenvalue weighted by Crippen LogP contribution is -2.60. The Hall–Kier alpha value is -3.52. The molecule has 1 unspecified atom stereocenters. The van der Waals surface area contributed by atoms with Gasteiger partial charge in [0.05, 0.1) is 6.42 Å². The monoisotopic (exact) mass is 451 g/mol. The summed E-state index contributed by atoms with van der Waals surface area (Å²) in [6.45, 7) is 2.85. The molecule has 0 spiro atoms. The third kappa shape index (κ3) is 6.75. The Kier molecular flexibility index (Phi) is 8.10. The first-order valence-electron chi connectivity index (χ1n) is 10.3. The van der Waals surface area contributed by atoms with Crippen LogP contribution in [0.15, 0.2) is 60.7 Å². The van der Waals surface area contributed by atoms with Crippen molar-refractivity contribution < 1.29 is 19.1 Å². The van der Waals surface area contributed by atoms with Crippen LogP contribution < -0.4 is 10.6 Å². The molecule has 1 fully saturated rings. The molecule has 1 atom stereocenters. The van der Waals surface area contributed by atoms with Crippen molar-refractivity contribution in [3.05, 3.63) is 77.4 Å². The third-order valence-electron chi connectivity index (χ3n) is 4.93. The smallest absolute Gasteiger partial charge is 0.308 e. The van der Waals surface area contributed by atoms with Crippen LogP contribution in [-0.4, -0.2) is 46.9 Å². The number of esters is 1. The van der Waals surface area contributed by atoms with Gasteiger partial charge in [-0.1, -0.05) is 60.2 Å². The van der Waals surface area contributed by atoms with E-state index in [-0.39, 0.29) is 24.0 Å². The number of piperazine rings is 1. The zero-order chi connectivity index (χ0) is 22.9. The number of hydrogen-bond acceptors (Lipinski definition) is 5. The van der Waals surface area contributed by atoms with E-state index in [4.69, 9.17) is 17.0 Å². The molecule has 1 heterocycles. The number of nitrogens with one attached hydrogen (secondary N) is 2. The van der Waals surface area contributed by atoms with Crippen LogP contribution in [0.3, 0.4) is 0 Å². The summed E-state index contributed by atoms with van der Waals surface area (Å²) in [6.07, 6.45) is 2.89. The van der Waals surface area contributed by atoms with Crippen molar-refractivity contribution >= 4 is 41.2 Å². The average molecular weight is 452 g/mol. The maximum Gasteiger partial charge on any atom is 0.308 e. The van der Waals surface area contributed by atoms with Gasteiger partial charge in [0.2, 0.25) is 11.8 Å². The molecule has 0 bridgehead atoms. The van der Waals surface area contributed by atoms with Gasteiger partial charge in [-0.3, -0.25) is 19.7 Å². The molecule has 1 saturated heterocycles. The predicted molar refractivity (Wildman–Crippen MR) is 125 cm³/mol. The van der Waals surface area contributed by atoms with Gasteiger partial charge in [0.25, 0.3) is 0 Å². The number of nitrogens with zero attached hydrogens (tertiary/aromatic N) is 1. The molecule has 2 N–H and O–H groups in total. The van der Waals surface area contributed by atoms with E-state index >= 15 is 0 Å². The summed E-state index contributed by atoms with van der Waals surface area (Å²) in [5.74, 6) is -1.26. The lowest BCUT2D eigenvalue weighted by molar-refractivity contribution is -0.148. The van der Waals surface area contributed by atoms with E-state index in [2.05, 4.69) is 10.6 Å². The minimum Gasteiger partial charge on any atom is -0.461 e. The summed E-state index contributed by atoms with van der Waals surface area (Å²) in [5, 5.41) is 5.43. The topological polar surface area (TPSA) is 87.7 Å². The van der Waals surface area contributed by atoms with Gasteiger partial charge in [0.1, 0.15) is 12.6 Å². The van der Waals surface area contributed by atoms with Crippen molar-refractivity contribution in [3.8, 4) is 0 Å². The SMILES string of the molecule is Cc1ccc(/C=C/C(=O)NC(=S)N2CCNC(=O)C2CC(=O)OCc2ccccc2)cc1. The first-order chi connectivity index (χ1) is 15.4. The van der Waals surface area contributed by atoms with Crippen LogP contribution in [0.4, 0.5) is 0 Å². The highest BCUT2D eigenvalue weighted by Gasteiger charge is 2.34. The van der Waals surface area contributed by atoms with Gasteiger partial charge >= 0.3 is 5.97 Å². The second-order valence-corrected chi connectivity index (χ2v) is 7.78. The Labute approximate surface area is 192 Å². The molecule has 0 aliphatic carbocycles. The average Bonchev–Trinajstić information content (AvgIpc) is 2.79. The molecule has 3 rings (SSSR count). The van der Waals surface area contributed by atoms with Crippen LogP contribution in [0.1, 0.15) is 23.1 Å². The van der Waals surface area contributed by atoms with E-state index in [1.165, 1.54) is 6.08 Å². The number of hydrogen-bond donors (Lipinski definition) is 2. The van der Waals surface area contributed by atoms with Crippen LogP contribution in [-0.2, 0) is 25.7 Å². The fourth-order valence-electron chi connectivity index (χ4n) is 3.18. The Morgan fingerprint density at radius 1 is 1.19 bits per heavy atom. The number of carbonyl (C=O) groups excluding carboxylic acids is 3. The number of ether oxygens (including phenoxy) is 1. The number of benzene rings is 2. The second-order valence-electron chi connectivity index (χ2n) is 7.39. The van der Waals surface area contributed by atoms with Crippen molar-refractivity contribution in [1.29, 1.82) is 0 Å². The number of carbonyl (C=O) groups is 3. The van der Waals surface area contributed by atoms with Gasteiger partial charge in [-0.25, -0.2) is 0 Å². The highest BCUT2D eigenvalue weighted by atomic mass is 32.1. The molecule has 1 aliphatic heterocycles. The van der Waals surface area contributed by atoms with Crippen molar-refractivity contribution in [2.45, 2.75) is 26.0 Å². The van der Waals surface area contributed by atoms with Crippen molar-refractivity contribution in [3.63, 3.8) is 0 Å². The standard InChI is InChI=1S/C24H25N3O4S/c1-17-7-9-18(10-8-17)11-12-21(28)26-24(32)27-14-13-25-23(30)20(27)15-22(29)31-16-19-5-3-2-4-6-19/h2-12,20H,13-16H2,1H3,(H,25,30)(H,26,28,32)/b12-11+. The summed E-state index contributed by atoms with van der Waals surface area (Å²) in [6, 6.07) is 16.2. The van der Waals surface area contributed by atoms with Gasteiger partial charge in [0.15, 0.2) is 5.11 Å². The highest BCUT2D eigenvalue weighted by Crippen LogP contribution is 2.12. The maximum atomic E-state index is 12.4. The molecule has 0 saturated carbocycles. The fraction of sp³-hybridized carbons (Fsp3) is 0.250. The number of thiocarbonyl (C=S) groups is 1. The van der Waals surface area contributed by atoms with E-state index in [9.17, 15) is 14.4 Å². The highest BCUT2D eigenvalue weighted by molar-refractivity contribution is 7.80. The van der Waals surface area contributed by atoms with E-state index < -0.39 is 17.9 Å². The largest absolute Gasteiger partial charge is 0.461 e. The minimum atomic E-state index is -0.846. The van der Waals surface area contributed by atoms with E-state index in [0.29, 0.717) is 13.1 Å². The van der Waals surface area contributed by atoms with E-state index in [0.717, 1.165) is 16.7 Å². The summed E-state index contributed by atoms with van der Waals surface area (Å²) in [4.78, 5) is 38.6. The Morgan fingerprint density at radius 2 is 1.91 bits per heavy atom. The number of aryl methyl sites for hydroxylation is 1. The minimum absolute atomic E-state index is 0.0965.